The second-order valence-electron chi connectivity index (χ2n) is 16.0. The van der Waals surface area contributed by atoms with Gasteiger partial charge in [0, 0.05) is 44.4 Å². The Morgan fingerprint density at radius 2 is 1.37 bits per heavy atom. The number of fused-ring (bicyclic) bond motifs is 7. The zero-order valence-corrected chi connectivity index (χ0v) is 33.8. The van der Waals surface area contributed by atoms with Gasteiger partial charge in [-0.05, 0) is 84.1 Å². The van der Waals surface area contributed by atoms with Crippen LogP contribution in [-0.2, 0) is 6.42 Å². The van der Waals surface area contributed by atoms with Crippen molar-refractivity contribution in [1.82, 2.24) is 13.6 Å². The molecule has 11 rings (SSSR count). The lowest BCUT2D eigenvalue weighted by Gasteiger charge is -2.28. The molecule has 0 spiro atoms. The summed E-state index contributed by atoms with van der Waals surface area (Å²) in [7, 11) is 3.94. The molecule has 0 saturated carbocycles. The number of hydrogen-bond acceptors (Lipinski definition) is 2. The Bertz CT molecular complexity index is 3240. The number of ether oxygens (including phenoxy) is 1. The summed E-state index contributed by atoms with van der Waals surface area (Å²) in [6.45, 7) is 0.777. The van der Waals surface area contributed by atoms with Gasteiger partial charge in [-0.15, -0.1) is 0 Å². The average Bonchev–Trinajstić information content (AvgIpc) is 3.91. The quantitative estimate of drug-likeness (QED) is 0.144. The minimum Gasteiger partial charge on any atom is -0.496 e. The zero-order valence-electron chi connectivity index (χ0n) is 33.8. The van der Waals surface area contributed by atoms with E-state index in [9.17, 15) is 0 Å². The van der Waals surface area contributed by atoms with Gasteiger partial charge in [-0.2, -0.15) is 0 Å². The summed E-state index contributed by atoms with van der Waals surface area (Å²) in [5.74, 6) is 1.75. The van der Waals surface area contributed by atoms with Gasteiger partial charge in [-0.1, -0.05) is 121 Å². The average molecular weight is 779 g/mol. The first kappa shape index (κ1) is 35.8. The van der Waals surface area contributed by atoms with Gasteiger partial charge < -0.3 is 18.3 Å². The molecule has 1 aliphatic carbocycles. The number of hydrogen-bond donors (Lipinski definition) is 0. The molecule has 60 heavy (non-hydrogen) atoms. The Hall–Kier alpha value is -7.34. The Labute approximate surface area is 349 Å². The molecule has 0 radical (unpaired) electrons. The van der Waals surface area contributed by atoms with Crippen LogP contribution in [0.1, 0.15) is 28.8 Å². The number of benzene rings is 6. The van der Waals surface area contributed by atoms with Gasteiger partial charge in [0.1, 0.15) is 24.1 Å². The highest BCUT2D eigenvalue weighted by molar-refractivity contribution is 6.10. The molecular weight excluding hydrogens is 735 g/mol. The monoisotopic (exact) mass is 778 g/mol. The molecule has 0 fully saturated rings. The van der Waals surface area contributed by atoms with Crippen LogP contribution in [0, 0.1) is 0 Å². The molecule has 4 heterocycles. The largest absolute Gasteiger partial charge is 0.496 e. The number of rotatable bonds is 8. The second-order valence-corrected chi connectivity index (χ2v) is 16.0. The highest BCUT2D eigenvalue weighted by atomic mass is 16.5. The van der Waals surface area contributed by atoms with Crippen molar-refractivity contribution in [3.63, 3.8) is 0 Å². The van der Waals surface area contributed by atoms with E-state index in [1.54, 1.807) is 7.11 Å². The molecule has 2 aliphatic rings. The fraction of sp³-hybridized carbons (Fsp3) is 0.0909. The molecule has 0 bridgehead atoms. The van der Waals surface area contributed by atoms with Crippen LogP contribution in [-0.4, -0.2) is 29.8 Å². The van der Waals surface area contributed by atoms with Crippen molar-refractivity contribution in [2.75, 3.05) is 20.7 Å². The third kappa shape index (κ3) is 6.05. The van der Waals surface area contributed by atoms with Crippen LogP contribution >= 0.6 is 0 Å². The summed E-state index contributed by atoms with van der Waals surface area (Å²) in [5, 5.41) is 4.91. The predicted molar refractivity (Wildman–Crippen MR) is 252 cm³/mol. The Kier molecular flexibility index (Phi) is 8.64. The fourth-order valence-electron chi connectivity index (χ4n) is 9.11. The number of furan rings is 1. The summed E-state index contributed by atoms with van der Waals surface area (Å²) < 4.78 is 17.8. The molecule has 9 aromatic rings. The maximum atomic E-state index is 6.63. The highest BCUT2D eigenvalue weighted by Crippen LogP contribution is 2.38. The van der Waals surface area contributed by atoms with E-state index >= 15 is 0 Å². The molecule has 1 aliphatic heterocycles. The lowest BCUT2D eigenvalue weighted by molar-refractivity contribution is 0.397. The minimum absolute atomic E-state index is 0.547. The van der Waals surface area contributed by atoms with Crippen molar-refractivity contribution in [1.29, 1.82) is 0 Å². The molecule has 0 saturated heterocycles. The molecule has 5 heteroatoms. The molecule has 290 valence electrons. The van der Waals surface area contributed by atoms with Gasteiger partial charge in [-0.25, -0.2) is 4.48 Å². The van der Waals surface area contributed by atoms with E-state index in [2.05, 4.69) is 211 Å². The van der Waals surface area contributed by atoms with Crippen LogP contribution in [0.3, 0.4) is 0 Å². The maximum absolute atomic E-state index is 6.63. The van der Waals surface area contributed by atoms with E-state index in [0.29, 0.717) is 4.48 Å². The maximum Gasteiger partial charge on any atom is 0.302 e. The summed E-state index contributed by atoms with van der Waals surface area (Å²) >= 11 is 0. The summed E-state index contributed by atoms with van der Waals surface area (Å²) in [4.78, 5) is 0. The van der Waals surface area contributed by atoms with Crippen LogP contribution in [0.4, 0.5) is 5.88 Å². The van der Waals surface area contributed by atoms with Crippen molar-refractivity contribution in [3.05, 3.63) is 198 Å². The van der Waals surface area contributed by atoms with Gasteiger partial charge in [0.15, 0.2) is 0 Å². The van der Waals surface area contributed by atoms with E-state index in [4.69, 9.17) is 9.15 Å². The zero-order chi connectivity index (χ0) is 40.2. The molecule has 5 nitrogen and oxygen atoms in total. The van der Waals surface area contributed by atoms with Gasteiger partial charge in [0.25, 0.3) is 0 Å². The molecule has 1 atom stereocenters. The minimum atomic E-state index is 0.547. The standard InChI is InChI=1S/C55H44N3O2/c1-58(33-31-44(32-34-58)57-51-21-10-7-17-47(51)48-18-8-11-22-52(48)57)55-37-42-28-27-41(36-54(42)60-55)40-26-25-39(53(35-40)59-2)14-12-13-38-23-29-43(30-24-38)56-49-19-5-3-4-15-45(49)46-16-6-9-20-50(46)56/h4-12,14-33,35-37H,3,13,34H2,1-2H3/q+1/b14-12+. The first-order valence-corrected chi connectivity index (χ1v) is 20.7. The number of methoxy groups -OCH3 is 1. The molecule has 3 aromatic heterocycles. The number of allylic oxidation sites excluding steroid dienone is 5. The molecule has 0 amide bonds. The topological polar surface area (TPSA) is 32.2 Å². The van der Waals surface area contributed by atoms with Crippen LogP contribution in [0.2, 0.25) is 0 Å². The first-order valence-electron chi connectivity index (χ1n) is 20.7. The summed E-state index contributed by atoms with van der Waals surface area (Å²) in [6, 6.07) is 50.0. The number of quaternary nitrogens is 1. The second kappa shape index (κ2) is 14.5. The lowest BCUT2D eigenvalue weighted by atomic mass is 10.0. The number of nitrogens with zero attached hydrogens (tertiary/aromatic N) is 3. The number of likely N-dealkylation sites (N-methyl/N-ethyl adjacent to an activating group) is 1. The summed E-state index contributed by atoms with van der Waals surface area (Å²) in [6.07, 6.45) is 21.9. The smallest absolute Gasteiger partial charge is 0.302 e. The van der Waals surface area contributed by atoms with Crippen LogP contribution in [0.5, 0.6) is 5.75 Å². The van der Waals surface area contributed by atoms with Gasteiger partial charge in [0.2, 0.25) is 0 Å². The summed E-state index contributed by atoms with van der Waals surface area (Å²) in [5.41, 5.74) is 13.9. The van der Waals surface area contributed by atoms with Crippen molar-refractivity contribution in [2.24, 2.45) is 0 Å². The Balaban J connectivity index is 0.804. The normalized spacial score (nSPS) is 16.3. The van der Waals surface area contributed by atoms with Crippen molar-refractivity contribution < 1.29 is 9.15 Å². The van der Waals surface area contributed by atoms with Gasteiger partial charge >= 0.3 is 5.88 Å². The van der Waals surface area contributed by atoms with E-state index in [1.165, 1.54) is 60.9 Å². The van der Waals surface area contributed by atoms with Crippen LogP contribution < -0.4 is 9.22 Å². The molecule has 6 aromatic carbocycles. The number of para-hydroxylation sites is 3. The molecule has 0 N–H and O–H groups in total. The van der Waals surface area contributed by atoms with Crippen molar-refractivity contribution in [2.45, 2.75) is 12.8 Å². The fourth-order valence-corrected chi connectivity index (χ4v) is 9.11. The SMILES string of the molecule is COc1cc(-c2ccc3cc([N+]4(C)C=CC(n5c6ccccc6c6ccccc65)=CC4)oc3c2)ccc1/C=C/Cc1ccc(-n2c3c(c4ccccc42)C=CCC=C3)cc1. The van der Waals surface area contributed by atoms with Crippen molar-refractivity contribution >= 4 is 73.5 Å². The highest BCUT2D eigenvalue weighted by Gasteiger charge is 2.29. The third-order valence-corrected chi connectivity index (χ3v) is 12.3. The van der Waals surface area contributed by atoms with Gasteiger partial charge in [0.05, 0.1) is 48.2 Å². The van der Waals surface area contributed by atoms with Crippen molar-refractivity contribution in [3.8, 4) is 22.6 Å². The van der Waals surface area contributed by atoms with E-state index in [1.807, 2.05) is 0 Å². The molecular formula is C55H44N3O2+. The van der Waals surface area contributed by atoms with E-state index < -0.39 is 0 Å². The van der Waals surface area contributed by atoms with E-state index in [-0.39, 0.29) is 0 Å². The van der Waals surface area contributed by atoms with Crippen LogP contribution in [0.25, 0.3) is 84.4 Å². The Morgan fingerprint density at radius 3 is 2.10 bits per heavy atom. The predicted octanol–water partition coefficient (Wildman–Crippen LogP) is 13.9. The third-order valence-electron chi connectivity index (χ3n) is 12.3. The van der Waals surface area contributed by atoms with Gasteiger partial charge in [-0.3, -0.25) is 0 Å². The van der Waals surface area contributed by atoms with E-state index in [0.717, 1.165) is 58.7 Å². The Morgan fingerprint density at radius 1 is 0.683 bits per heavy atom. The lowest BCUT2D eigenvalue weighted by Crippen LogP contribution is -2.40. The first-order chi connectivity index (χ1) is 29.5. The van der Waals surface area contributed by atoms with Crippen LogP contribution in [0.15, 0.2) is 181 Å². The molecule has 1 unspecified atom stereocenters. The number of aromatic nitrogens is 2.